The van der Waals surface area contributed by atoms with Gasteiger partial charge in [-0.15, -0.1) is 11.3 Å². The Labute approximate surface area is 192 Å². The van der Waals surface area contributed by atoms with E-state index in [-0.39, 0.29) is 5.91 Å². The van der Waals surface area contributed by atoms with Crippen LogP contribution in [-0.4, -0.2) is 33.9 Å². The van der Waals surface area contributed by atoms with E-state index in [1.807, 2.05) is 11.0 Å². The summed E-state index contributed by atoms with van der Waals surface area (Å²) in [6.45, 7) is 4.37. The van der Waals surface area contributed by atoms with E-state index in [9.17, 15) is 4.79 Å². The van der Waals surface area contributed by atoms with Crippen molar-refractivity contribution >= 4 is 33.3 Å². The van der Waals surface area contributed by atoms with E-state index in [4.69, 9.17) is 0 Å². The number of hydrogen-bond donors (Lipinski definition) is 1. The minimum atomic E-state index is 0.227. The number of benzene rings is 2. The molecule has 0 unspecified atom stereocenters. The van der Waals surface area contributed by atoms with Gasteiger partial charge in [0.25, 0.3) is 0 Å². The number of fused-ring (bicyclic) bond motifs is 2. The summed E-state index contributed by atoms with van der Waals surface area (Å²) in [5.41, 5.74) is 5.01. The number of carbonyl (C=O) groups excluding carboxylic acids is 1. The van der Waals surface area contributed by atoms with E-state index in [0.29, 0.717) is 13.0 Å². The van der Waals surface area contributed by atoms with Crippen LogP contribution in [-0.2, 0) is 17.8 Å². The maximum Gasteiger partial charge on any atom is 0.222 e. The molecule has 0 bridgehead atoms. The van der Waals surface area contributed by atoms with Gasteiger partial charge >= 0.3 is 0 Å². The Hall–Kier alpha value is -3.25. The average Bonchev–Trinajstić information content (AvgIpc) is 3.18. The highest BCUT2D eigenvalue weighted by Crippen LogP contribution is 2.40. The number of nitrogens with one attached hydrogen (secondary N) is 1. The van der Waals surface area contributed by atoms with E-state index in [1.165, 1.54) is 27.1 Å². The number of thiophene rings is 1. The summed E-state index contributed by atoms with van der Waals surface area (Å²) in [6, 6.07) is 18.8. The molecule has 0 atom stereocenters. The Balaban J connectivity index is 1.24. The molecule has 162 valence electrons. The van der Waals surface area contributed by atoms with Crippen molar-refractivity contribution in [3.05, 3.63) is 76.9 Å². The molecule has 0 saturated heterocycles. The van der Waals surface area contributed by atoms with Crippen LogP contribution < -0.4 is 5.32 Å². The van der Waals surface area contributed by atoms with Crippen LogP contribution >= 0.6 is 11.3 Å². The van der Waals surface area contributed by atoms with Crippen LogP contribution in [0.5, 0.6) is 0 Å². The highest BCUT2D eigenvalue weighted by molar-refractivity contribution is 7.19. The smallest absolute Gasteiger partial charge is 0.222 e. The molecule has 32 heavy (non-hydrogen) atoms. The lowest BCUT2D eigenvalue weighted by Gasteiger charge is -2.29. The number of aromatic nitrogens is 2. The van der Waals surface area contributed by atoms with E-state index >= 15 is 0 Å². The number of anilines is 1. The second-order valence-corrected chi connectivity index (χ2v) is 9.37. The van der Waals surface area contributed by atoms with E-state index in [0.717, 1.165) is 42.0 Å². The topological polar surface area (TPSA) is 58.1 Å². The maximum atomic E-state index is 12.7. The SMILES string of the molecule is Cc1sc2ncnc(NCCCC(=O)N3CCc4ccccc4C3)c2c1-c1ccccc1. The molecule has 0 radical (unpaired) electrons. The number of rotatable bonds is 6. The molecule has 0 fully saturated rings. The molecule has 1 aliphatic rings. The fourth-order valence-corrected chi connectivity index (χ4v) is 5.46. The van der Waals surface area contributed by atoms with Crippen molar-refractivity contribution in [1.82, 2.24) is 14.9 Å². The van der Waals surface area contributed by atoms with Crippen molar-refractivity contribution in [2.45, 2.75) is 32.7 Å². The van der Waals surface area contributed by atoms with E-state index in [2.05, 4.69) is 70.7 Å². The zero-order valence-corrected chi connectivity index (χ0v) is 19.0. The number of amides is 1. The highest BCUT2D eigenvalue weighted by atomic mass is 32.1. The first-order chi connectivity index (χ1) is 15.7. The monoisotopic (exact) mass is 442 g/mol. The summed E-state index contributed by atoms with van der Waals surface area (Å²) in [4.78, 5) is 26.0. The van der Waals surface area contributed by atoms with Crippen molar-refractivity contribution < 1.29 is 4.79 Å². The Morgan fingerprint density at radius 3 is 2.69 bits per heavy atom. The lowest BCUT2D eigenvalue weighted by atomic mass is 9.99. The van der Waals surface area contributed by atoms with Crippen molar-refractivity contribution in [1.29, 1.82) is 0 Å². The van der Waals surface area contributed by atoms with Crippen molar-refractivity contribution in [2.75, 3.05) is 18.4 Å². The summed E-state index contributed by atoms with van der Waals surface area (Å²) in [5, 5.41) is 4.54. The molecular formula is C26H26N4OS. The Morgan fingerprint density at radius 2 is 1.84 bits per heavy atom. The second kappa shape index (κ2) is 9.09. The van der Waals surface area contributed by atoms with Crippen LogP contribution in [0.1, 0.15) is 28.8 Å². The van der Waals surface area contributed by atoms with Gasteiger partial charge in [-0.1, -0.05) is 54.6 Å². The molecular weight excluding hydrogens is 416 g/mol. The van der Waals surface area contributed by atoms with Crippen molar-refractivity contribution in [3.8, 4) is 11.1 Å². The van der Waals surface area contributed by atoms with E-state index < -0.39 is 0 Å². The first-order valence-corrected chi connectivity index (χ1v) is 11.9. The van der Waals surface area contributed by atoms with Crippen LogP contribution in [0.15, 0.2) is 60.9 Å². The largest absolute Gasteiger partial charge is 0.369 e. The normalized spacial score (nSPS) is 13.2. The molecule has 0 aliphatic carbocycles. The molecule has 4 aromatic rings. The maximum absolute atomic E-state index is 12.7. The van der Waals surface area contributed by atoms with Crippen LogP contribution in [0.25, 0.3) is 21.3 Å². The number of nitrogens with zero attached hydrogens (tertiary/aromatic N) is 3. The molecule has 1 aliphatic heterocycles. The third-order valence-electron chi connectivity index (χ3n) is 6.07. The van der Waals surface area contributed by atoms with Gasteiger partial charge in [-0.3, -0.25) is 4.79 Å². The zero-order chi connectivity index (χ0) is 21.9. The van der Waals surface area contributed by atoms with Crippen LogP contribution in [0.4, 0.5) is 5.82 Å². The minimum absolute atomic E-state index is 0.227. The molecule has 5 nitrogen and oxygen atoms in total. The van der Waals surface area contributed by atoms with Gasteiger partial charge < -0.3 is 10.2 Å². The Kier molecular flexibility index (Phi) is 5.86. The van der Waals surface area contributed by atoms with Crippen LogP contribution in [0.3, 0.4) is 0 Å². The third kappa shape index (κ3) is 4.10. The van der Waals surface area contributed by atoms with Gasteiger partial charge in [0.15, 0.2) is 0 Å². The quantitative estimate of drug-likeness (QED) is 0.404. The molecule has 2 aromatic heterocycles. The molecule has 2 aromatic carbocycles. The molecule has 1 amide bonds. The van der Waals surface area contributed by atoms with Gasteiger partial charge in [0.2, 0.25) is 5.91 Å². The van der Waals surface area contributed by atoms with Gasteiger partial charge in [-0.2, -0.15) is 0 Å². The molecule has 1 N–H and O–H groups in total. The zero-order valence-electron chi connectivity index (χ0n) is 18.2. The fraction of sp³-hybridized carbons (Fsp3) is 0.269. The first kappa shape index (κ1) is 20.6. The van der Waals surface area contributed by atoms with Crippen LogP contribution in [0, 0.1) is 6.92 Å². The molecule has 0 spiro atoms. The number of aryl methyl sites for hydroxylation is 1. The average molecular weight is 443 g/mol. The summed E-state index contributed by atoms with van der Waals surface area (Å²) in [7, 11) is 0. The summed E-state index contributed by atoms with van der Waals surface area (Å²) in [6.07, 6.45) is 3.87. The summed E-state index contributed by atoms with van der Waals surface area (Å²) < 4.78 is 0. The standard InChI is InChI=1S/C26H26N4OS/c1-18-23(20-9-3-2-4-10-20)24-25(28-17-29-26(24)32-18)27-14-7-12-22(31)30-15-13-19-8-5-6-11-21(19)16-30/h2-6,8-11,17H,7,12-16H2,1H3,(H,27,28,29). The van der Waals surface area contributed by atoms with Gasteiger partial charge in [-0.05, 0) is 36.5 Å². The summed E-state index contributed by atoms with van der Waals surface area (Å²) in [5.74, 6) is 1.07. The number of hydrogen-bond acceptors (Lipinski definition) is 5. The van der Waals surface area contributed by atoms with Crippen molar-refractivity contribution in [3.63, 3.8) is 0 Å². The van der Waals surface area contributed by atoms with Crippen molar-refractivity contribution in [2.24, 2.45) is 0 Å². The highest BCUT2D eigenvalue weighted by Gasteiger charge is 2.20. The fourth-order valence-electron chi connectivity index (χ4n) is 4.44. The third-order valence-corrected chi connectivity index (χ3v) is 7.08. The molecule has 0 saturated carbocycles. The van der Waals surface area contributed by atoms with Gasteiger partial charge in [0.1, 0.15) is 17.0 Å². The second-order valence-electron chi connectivity index (χ2n) is 8.17. The lowest BCUT2D eigenvalue weighted by molar-refractivity contribution is -0.132. The minimum Gasteiger partial charge on any atom is -0.369 e. The van der Waals surface area contributed by atoms with Gasteiger partial charge in [0, 0.05) is 36.5 Å². The number of carbonyl (C=O) groups is 1. The molecule has 6 heteroatoms. The van der Waals surface area contributed by atoms with Crippen LogP contribution in [0.2, 0.25) is 0 Å². The van der Waals surface area contributed by atoms with Gasteiger partial charge in [-0.25, -0.2) is 9.97 Å². The van der Waals surface area contributed by atoms with Gasteiger partial charge in [0.05, 0.1) is 5.39 Å². The molecule has 3 heterocycles. The first-order valence-electron chi connectivity index (χ1n) is 11.1. The predicted octanol–water partition coefficient (Wildman–Crippen LogP) is 5.44. The Morgan fingerprint density at radius 1 is 1.06 bits per heavy atom. The lowest BCUT2D eigenvalue weighted by Crippen LogP contribution is -2.36. The molecule has 5 rings (SSSR count). The van der Waals surface area contributed by atoms with E-state index in [1.54, 1.807) is 17.7 Å². The predicted molar refractivity (Wildman–Crippen MR) is 131 cm³/mol. The summed E-state index contributed by atoms with van der Waals surface area (Å²) >= 11 is 1.69. The Bertz CT molecular complexity index is 1250.